The van der Waals surface area contributed by atoms with Gasteiger partial charge in [0.2, 0.25) is 17.0 Å². The zero-order valence-electron chi connectivity index (χ0n) is 11.2. The Kier molecular flexibility index (Phi) is 3.60. The molecule has 3 rings (SSSR count). The third-order valence-corrected chi connectivity index (χ3v) is 4.42. The third-order valence-electron chi connectivity index (χ3n) is 3.50. The van der Waals surface area contributed by atoms with Crippen LogP contribution in [0, 0.1) is 0 Å². The van der Waals surface area contributed by atoms with Gasteiger partial charge in [-0.1, -0.05) is 11.8 Å². The molecule has 2 aliphatic rings. The van der Waals surface area contributed by atoms with Gasteiger partial charge in [0, 0.05) is 13.1 Å². The Bertz CT molecular complexity index is 529. The van der Waals surface area contributed by atoms with E-state index in [1.807, 2.05) is 0 Å². The Morgan fingerprint density at radius 2 is 2.30 bits per heavy atom. The quantitative estimate of drug-likeness (QED) is 0.749. The van der Waals surface area contributed by atoms with E-state index in [0.29, 0.717) is 24.3 Å². The highest BCUT2D eigenvalue weighted by Gasteiger charge is 2.31. The first-order valence-corrected chi connectivity index (χ1v) is 7.63. The van der Waals surface area contributed by atoms with Crippen molar-refractivity contribution in [2.75, 3.05) is 18.8 Å². The smallest absolute Gasteiger partial charge is 0.242 e. The van der Waals surface area contributed by atoms with Crippen molar-refractivity contribution >= 4 is 23.6 Å². The zero-order valence-corrected chi connectivity index (χ0v) is 12.0. The molecule has 2 amide bonds. The largest absolute Gasteiger partial charge is 0.353 e. The SMILES string of the molecule is CC1C(=O)NCCN1C(=O)CSc1nnnn1C1CC1. The molecular formula is C11H16N6O2S. The second kappa shape index (κ2) is 5.39. The molecule has 0 spiro atoms. The summed E-state index contributed by atoms with van der Waals surface area (Å²) in [7, 11) is 0. The van der Waals surface area contributed by atoms with Gasteiger partial charge in [0.25, 0.3) is 0 Å². The Morgan fingerprint density at radius 3 is 3.05 bits per heavy atom. The number of aromatic nitrogens is 4. The molecule has 1 aliphatic heterocycles. The van der Waals surface area contributed by atoms with E-state index in [1.54, 1.807) is 16.5 Å². The zero-order chi connectivity index (χ0) is 14.1. The molecule has 8 nitrogen and oxygen atoms in total. The highest BCUT2D eigenvalue weighted by Crippen LogP contribution is 2.36. The average molecular weight is 296 g/mol. The normalized spacial score (nSPS) is 22.8. The van der Waals surface area contributed by atoms with Crippen molar-refractivity contribution in [1.29, 1.82) is 0 Å². The third kappa shape index (κ3) is 2.62. The van der Waals surface area contributed by atoms with Crippen LogP contribution in [0.25, 0.3) is 0 Å². The van der Waals surface area contributed by atoms with Crippen LogP contribution in [0.4, 0.5) is 0 Å². The molecule has 20 heavy (non-hydrogen) atoms. The lowest BCUT2D eigenvalue weighted by atomic mass is 10.2. The Balaban J connectivity index is 1.58. The second-order valence-electron chi connectivity index (χ2n) is 4.98. The number of hydrogen-bond donors (Lipinski definition) is 1. The van der Waals surface area contributed by atoms with Crippen molar-refractivity contribution in [3.63, 3.8) is 0 Å². The summed E-state index contributed by atoms with van der Waals surface area (Å²) in [6.07, 6.45) is 2.19. The van der Waals surface area contributed by atoms with Crippen LogP contribution < -0.4 is 5.32 Å². The first-order chi connectivity index (χ1) is 9.66. The van der Waals surface area contributed by atoms with E-state index in [1.165, 1.54) is 11.8 Å². The van der Waals surface area contributed by atoms with Gasteiger partial charge in [0.1, 0.15) is 6.04 Å². The Labute approximate surface area is 120 Å². The number of carbonyl (C=O) groups is 2. The van der Waals surface area contributed by atoms with Crippen molar-refractivity contribution in [1.82, 2.24) is 30.4 Å². The molecule has 1 saturated heterocycles. The Morgan fingerprint density at radius 1 is 1.50 bits per heavy atom. The molecule has 1 aromatic rings. The highest BCUT2D eigenvalue weighted by atomic mass is 32.2. The van der Waals surface area contributed by atoms with E-state index in [9.17, 15) is 9.59 Å². The van der Waals surface area contributed by atoms with Crippen LogP contribution in [0.15, 0.2) is 5.16 Å². The fraction of sp³-hybridized carbons (Fsp3) is 0.727. The summed E-state index contributed by atoms with van der Waals surface area (Å²) in [6.45, 7) is 2.81. The molecule has 0 bridgehead atoms. The number of nitrogens with one attached hydrogen (secondary N) is 1. The van der Waals surface area contributed by atoms with Crippen LogP contribution in [0.1, 0.15) is 25.8 Å². The maximum Gasteiger partial charge on any atom is 0.242 e. The standard InChI is InChI=1S/C11H16N6O2S/c1-7-10(19)12-4-5-16(7)9(18)6-20-11-13-14-15-17(11)8-2-3-8/h7-8H,2-6H2,1H3,(H,12,19). The molecule has 1 aliphatic carbocycles. The molecule has 1 atom stereocenters. The molecule has 1 N–H and O–H groups in total. The van der Waals surface area contributed by atoms with Crippen LogP contribution in [-0.2, 0) is 9.59 Å². The van der Waals surface area contributed by atoms with Crippen LogP contribution in [0.5, 0.6) is 0 Å². The van der Waals surface area contributed by atoms with Crippen molar-refractivity contribution in [3.8, 4) is 0 Å². The number of tetrazole rings is 1. The lowest BCUT2D eigenvalue weighted by Gasteiger charge is -2.32. The molecule has 2 heterocycles. The van der Waals surface area contributed by atoms with Gasteiger partial charge in [0.15, 0.2) is 0 Å². The number of piperazine rings is 1. The molecule has 2 fully saturated rings. The van der Waals surface area contributed by atoms with Crippen molar-refractivity contribution in [3.05, 3.63) is 0 Å². The van der Waals surface area contributed by atoms with Crippen molar-refractivity contribution < 1.29 is 9.59 Å². The minimum atomic E-state index is -0.406. The highest BCUT2D eigenvalue weighted by molar-refractivity contribution is 7.99. The summed E-state index contributed by atoms with van der Waals surface area (Å²) in [6, 6.07) is -0.0152. The Hall–Kier alpha value is -1.64. The minimum absolute atomic E-state index is 0.0531. The van der Waals surface area contributed by atoms with Crippen molar-refractivity contribution in [2.45, 2.75) is 37.0 Å². The maximum absolute atomic E-state index is 12.2. The number of rotatable bonds is 4. The number of thioether (sulfide) groups is 1. The van der Waals surface area contributed by atoms with Crippen LogP contribution in [0.3, 0.4) is 0 Å². The summed E-state index contributed by atoms with van der Waals surface area (Å²) in [5, 5.41) is 15.0. The molecule has 108 valence electrons. The second-order valence-corrected chi connectivity index (χ2v) is 5.92. The average Bonchev–Trinajstić information content (AvgIpc) is 3.18. The van der Waals surface area contributed by atoms with Crippen molar-refractivity contribution in [2.24, 2.45) is 0 Å². The predicted molar refractivity (Wildman–Crippen MR) is 71.0 cm³/mol. The molecule has 0 aromatic carbocycles. The molecule has 1 unspecified atom stereocenters. The van der Waals surface area contributed by atoms with Gasteiger partial charge in [-0.25, -0.2) is 4.68 Å². The van der Waals surface area contributed by atoms with Crippen LogP contribution >= 0.6 is 11.8 Å². The fourth-order valence-electron chi connectivity index (χ4n) is 2.16. The molecular weight excluding hydrogens is 280 g/mol. The lowest BCUT2D eigenvalue weighted by Crippen LogP contribution is -2.56. The molecule has 0 radical (unpaired) electrons. The summed E-state index contributed by atoms with van der Waals surface area (Å²) in [5.41, 5.74) is 0. The summed E-state index contributed by atoms with van der Waals surface area (Å²) >= 11 is 1.33. The predicted octanol–water partition coefficient (Wildman–Crippen LogP) is -0.553. The minimum Gasteiger partial charge on any atom is -0.353 e. The first kappa shape index (κ1) is 13.3. The number of amides is 2. The number of hydrogen-bond acceptors (Lipinski definition) is 6. The summed E-state index contributed by atoms with van der Waals surface area (Å²) < 4.78 is 1.78. The summed E-state index contributed by atoms with van der Waals surface area (Å²) in [4.78, 5) is 25.3. The van der Waals surface area contributed by atoms with Gasteiger partial charge >= 0.3 is 0 Å². The topological polar surface area (TPSA) is 93.0 Å². The van der Waals surface area contributed by atoms with Gasteiger partial charge in [-0.05, 0) is 30.2 Å². The van der Waals surface area contributed by atoms with E-state index in [2.05, 4.69) is 20.8 Å². The monoisotopic (exact) mass is 296 g/mol. The van der Waals surface area contributed by atoms with Crippen LogP contribution in [-0.4, -0.2) is 61.8 Å². The number of nitrogens with zero attached hydrogens (tertiary/aromatic N) is 5. The van der Waals surface area contributed by atoms with E-state index < -0.39 is 6.04 Å². The summed E-state index contributed by atoms with van der Waals surface area (Å²) in [5.74, 6) is 0.102. The first-order valence-electron chi connectivity index (χ1n) is 6.64. The van der Waals surface area contributed by atoms with Crippen LogP contribution in [0.2, 0.25) is 0 Å². The van der Waals surface area contributed by atoms with E-state index in [0.717, 1.165) is 12.8 Å². The van der Waals surface area contributed by atoms with Gasteiger partial charge in [-0.2, -0.15) is 0 Å². The fourth-order valence-corrected chi connectivity index (χ4v) is 2.99. The van der Waals surface area contributed by atoms with E-state index >= 15 is 0 Å². The lowest BCUT2D eigenvalue weighted by molar-refractivity contribution is -0.140. The van der Waals surface area contributed by atoms with Gasteiger partial charge in [0.05, 0.1) is 11.8 Å². The molecule has 1 aromatic heterocycles. The van der Waals surface area contributed by atoms with Gasteiger partial charge in [-0.3, -0.25) is 9.59 Å². The van der Waals surface area contributed by atoms with Gasteiger partial charge in [-0.15, -0.1) is 5.10 Å². The molecule has 1 saturated carbocycles. The van der Waals surface area contributed by atoms with E-state index in [4.69, 9.17) is 0 Å². The number of carbonyl (C=O) groups excluding carboxylic acids is 2. The maximum atomic E-state index is 12.2. The molecule has 9 heteroatoms. The van der Waals surface area contributed by atoms with E-state index in [-0.39, 0.29) is 17.6 Å². The van der Waals surface area contributed by atoms with Gasteiger partial charge < -0.3 is 10.2 Å².